The molecule has 1 aliphatic rings. The van der Waals surface area contributed by atoms with Gasteiger partial charge >= 0.3 is 12.0 Å². The first-order chi connectivity index (χ1) is 8.45. The number of primary amides is 1. The second-order valence-corrected chi connectivity index (χ2v) is 4.19. The molecule has 18 heavy (non-hydrogen) atoms. The Labute approximate surface area is 104 Å². The molecule has 1 saturated heterocycles. The first kappa shape index (κ1) is 14.2. The Balaban J connectivity index is 2.50. The van der Waals surface area contributed by atoms with Crippen molar-refractivity contribution in [2.24, 2.45) is 11.7 Å². The SMILES string of the molecule is NC(=O)C1CCN(C(=O)N[C@H](CCO)C(=O)O)C1. The molecule has 1 fully saturated rings. The highest BCUT2D eigenvalue weighted by Gasteiger charge is 2.31. The minimum atomic E-state index is -1.21. The number of hydrogen-bond donors (Lipinski definition) is 4. The van der Waals surface area contributed by atoms with Gasteiger partial charge in [-0.25, -0.2) is 9.59 Å². The van der Waals surface area contributed by atoms with Gasteiger partial charge in [-0.05, 0) is 6.42 Å². The van der Waals surface area contributed by atoms with E-state index in [2.05, 4.69) is 5.32 Å². The third-order valence-corrected chi connectivity index (χ3v) is 2.89. The van der Waals surface area contributed by atoms with Crippen LogP contribution in [0.15, 0.2) is 0 Å². The fourth-order valence-corrected chi connectivity index (χ4v) is 1.80. The van der Waals surface area contributed by atoms with Crippen LogP contribution in [-0.2, 0) is 9.59 Å². The van der Waals surface area contributed by atoms with E-state index in [1.807, 2.05) is 0 Å². The molecule has 3 amide bonds. The van der Waals surface area contributed by atoms with Crippen molar-refractivity contribution in [1.29, 1.82) is 0 Å². The molecule has 8 heteroatoms. The van der Waals surface area contributed by atoms with Crippen LogP contribution in [0.25, 0.3) is 0 Å². The lowest BCUT2D eigenvalue weighted by Crippen LogP contribution is -2.47. The lowest BCUT2D eigenvalue weighted by Gasteiger charge is -2.20. The van der Waals surface area contributed by atoms with E-state index in [0.29, 0.717) is 13.0 Å². The van der Waals surface area contributed by atoms with E-state index in [1.54, 1.807) is 0 Å². The highest BCUT2D eigenvalue weighted by molar-refractivity contribution is 5.84. The van der Waals surface area contributed by atoms with Gasteiger partial charge in [0.05, 0.1) is 5.92 Å². The number of urea groups is 1. The minimum Gasteiger partial charge on any atom is -0.480 e. The average Bonchev–Trinajstić information content (AvgIpc) is 2.77. The molecule has 0 spiro atoms. The molecule has 102 valence electrons. The van der Waals surface area contributed by atoms with Crippen molar-refractivity contribution < 1.29 is 24.6 Å². The Morgan fingerprint density at radius 2 is 2.11 bits per heavy atom. The summed E-state index contributed by atoms with van der Waals surface area (Å²) in [6.07, 6.45) is 0.425. The van der Waals surface area contributed by atoms with E-state index in [1.165, 1.54) is 4.90 Å². The first-order valence-corrected chi connectivity index (χ1v) is 5.64. The Morgan fingerprint density at radius 3 is 2.56 bits per heavy atom. The molecule has 8 nitrogen and oxygen atoms in total. The molecule has 1 heterocycles. The van der Waals surface area contributed by atoms with Gasteiger partial charge in [-0.3, -0.25) is 4.79 Å². The molecular formula is C10H17N3O5. The number of nitrogens with two attached hydrogens (primary N) is 1. The molecule has 2 atom stereocenters. The number of carboxylic acids is 1. The maximum Gasteiger partial charge on any atom is 0.326 e. The zero-order valence-corrected chi connectivity index (χ0v) is 9.83. The molecule has 1 rings (SSSR count). The van der Waals surface area contributed by atoms with Crippen molar-refractivity contribution in [3.63, 3.8) is 0 Å². The summed E-state index contributed by atoms with van der Waals surface area (Å²) < 4.78 is 0. The fourth-order valence-electron chi connectivity index (χ4n) is 1.80. The van der Waals surface area contributed by atoms with Gasteiger partial charge < -0.3 is 26.2 Å². The van der Waals surface area contributed by atoms with Gasteiger partial charge in [-0.2, -0.15) is 0 Å². The van der Waals surface area contributed by atoms with Crippen molar-refractivity contribution in [2.75, 3.05) is 19.7 Å². The topological polar surface area (TPSA) is 133 Å². The summed E-state index contributed by atoms with van der Waals surface area (Å²) >= 11 is 0. The number of aliphatic carboxylic acids is 1. The van der Waals surface area contributed by atoms with Gasteiger partial charge in [0.15, 0.2) is 0 Å². The van der Waals surface area contributed by atoms with Crippen LogP contribution in [0.3, 0.4) is 0 Å². The number of hydrogen-bond acceptors (Lipinski definition) is 4. The molecule has 0 radical (unpaired) electrons. The summed E-state index contributed by atoms with van der Waals surface area (Å²) in [4.78, 5) is 34.8. The number of carbonyl (C=O) groups is 3. The van der Waals surface area contributed by atoms with Gasteiger partial charge in [0.2, 0.25) is 5.91 Å². The highest BCUT2D eigenvalue weighted by atomic mass is 16.4. The van der Waals surface area contributed by atoms with Crippen molar-refractivity contribution in [1.82, 2.24) is 10.2 Å². The number of likely N-dealkylation sites (tertiary alicyclic amines) is 1. The van der Waals surface area contributed by atoms with Crippen LogP contribution in [0.1, 0.15) is 12.8 Å². The Bertz CT molecular complexity index is 346. The molecule has 0 aromatic rings. The number of nitrogens with zero attached hydrogens (tertiary/aromatic N) is 1. The summed E-state index contributed by atoms with van der Waals surface area (Å²) in [5, 5.41) is 19.8. The lowest BCUT2D eigenvalue weighted by molar-refractivity contribution is -0.139. The monoisotopic (exact) mass is 259 g/mol. The van der Waals surface area contributed by atoms with E-state index in [4.69, 9.17) is 15.9 Å². The summed E-state index contributed by atoms with van der Waals surface area (Å²) in [6.45, 7) is 0.235. The molecule has 0 saturated carbocycles. The second-order valence-electron chi connectivity index (χ2n) is 4.19. The van der Waals surface area contributed by atoms with E-state index >= 15 is 0 Å². The zero-order valence-electron chi connectivity index (χ0n) is 9.83. The Morgan fingerprint density at radius 1 is 1.44 bits per heavy atom. The quantitative estimate of drug-likeness (QED) is 0.469. The molecule has 0 aliphatic carbocycles. The number of carboxylic acid groups (broad SMARTS) is 1. The second kappa shape index (κ2) is 6.20. The average molecular weight is 259 g/mol. The lowest BCUT2D eigenvalue weighted by atomic mass is 10.1. The summed E-state index contributed by atoms with van der Waals surface area (Å²) in [5.74, 6) is -2.05. The number of rotatable bonds is 5. The molecule has 5 N–H and O–H groups in total. The standard InChI is InChI=1S/C10H17N3O5/c11-8(15)6-1-3-13(5-6)10(18)12-7(2-4-14)9(16)17/h6-7,14H,1-5H2,(H2,11,15)(H,12,18)(H,16,17)/t6?,7-/m1/s1. The van der Waals surface area contributed by atoms with Gasteiger partial charge in [-0.15, -0.1) is 0 Å². The van der Waals surface area contributed by atoms with E-state index in [-0.39, 0.29) is 25.5 Å². The van der Waals surface area contributed by atoms with E-state index in [0.717, 1.165) is 0 Å². The summed E-state index contributed by atoms with van der Waals surface area (Å²) in [5.41, 5.74) is 5.13. The Kier molecular flexibility index (Phi) is 4.90. The van der Waals surface area contributed by atoms with Crippen LogP contribution < -0.4 is 11.1 Å². The van der Waals surface area contributed by atoms with Crippen molar-refractivity contribution >= 4 is 17.9 Å². The van der Waals surface area contributed by atoms with Crippen LogP contribution in [0.2, 0.25) is 0 Å². The number of carbonyl (C=O) groups excluding carboxylic acids is 2. The summed E-state index contributed by atoms with van der Waals surface area (Å²) in [7, 11) is 0. The first-order valence-electron chi connectivity index (χ1n) is 5.64. The Hall–Kier alpha value is -1.83. The van der Waals surface area contributed by atoms with E-state index < -0.39 is 23.9 Å². The van der Waals surface area contributed by atoms with Crippen LogP contribution in [0.4, 0.5) is 4.79 Å². The maximum absolute atomic E-state index is 11.7. The van der Waals surface area contributed by atoms with E-state index in [9.17, 15) is 14.4 Å². The molecular weight excluding hydrogens is 242 g/mol. The van der Waals surface area contributed by atoms with Crippen LogP contribution in [-0.4, -0.2) is 58.8 Å². The van der Waals surface area contributed by atoms with Crippen molar-refractivity contribution in [2.45, 2.75) is 18.9 Å². The van der Waals surface area contributed by atoms with Crippen molar-refractivity contribution in [3.05, 3.63) is 0 Å². The molecule has 0 aromatic carbocycles. The van der Waals surface area contributed by atoms with Crippen LogP contribution >= 0.6 is 0 Å². The van der Waals surface area contributed by atoms with Crippen LogP contribution in [0.5, 0.6) is 0 Å². The van der Waals surface area contributed by atoms with Gasteiger partial charge in [0.1, 0.15) is 6.04 Å². The number of nitrogens with one attached hydrogen (secondary N) is 1. The number of aliphatic hydroxyl groups excluding tert-OH is 1. The third kappa shape index (κ3) is 3.59. The zero-order chi connectivity index (χ0) is 13.7. The predicted octanol–water partition coefficient (Wildman–Crippen LogP) is -1.66. The third-order valence-electron chi connectivity index (χ3n) is 2.89. The molecule has 0 aromatic heterocycles. The fraction of sp³-hybridized carbons (Fsp3) is 0.700. The molecule has 0 bridgehead atoms. The smallest absolute Gasteiger partial charge is 0.326 e. The molecule has 1 unspecified atom stereocenters. The molecule has 1 aliphatic heterocycles. The van der Waals surface area contributed by atoms with Crippen LogP contribution in [0, 0.1) is 5.92 Å². The normalized spacial score (nSPS) is 20.5. The largest absolute Gasteiger partial charge is 0.480 e. The van der Waals surface area contributed by atoms with Gasteiger partial charge in [0.25, 0.3) is 0 Å². The van der Waals surface area contributed by atoms with Gasteiger partial charge in [-0.1, -0.05) is 0 Å². The van der Waals surface area contributed by atoms with Gasteiger partial charge in [0, 0.05) is 26.1 Å². The highest BCUT2D eigenvalue weighted by Crippen LogP contribution is 2.15. The number of aliphatic hydroxyl groups is 1. The summed E-state index contributed by atoms with van der Waals surface area (Å²) in [6, 6.07) is -1.69. The number of amides is 3. The minimum absolute atomic E-state index is 0.0613. The predicted molar refractivity (Wildman–Crippen MR) is 60.5 cm³/mol. The maximum atomic E-state index is 11.7. The van der Waals surface area contributed by atoms with Crippen molar-refractivity contribution in [3.8, 4) is 0 Å².